The number of amides is 1. The first-order chi connectivity index (χ1) is 15.3. The Morgan fingerprint density at radius 2 is 1.78 bits per heavy atom. The number of aryl methyl sites for hydroxylation is 2. The Labute approximate surface area is 190 Å². The van der Waals surface area contributed by atoms with Gasteiger partial charge in [-0.25, -0.2) is 0 Å². The van der Waals surface area contributed by atoms with Crippen LogP contribution in [0, 0.1) is 6.92 Å². The number of hydrogen-bond acceptors (Lipinski definition) is 4. The van der Waals surface area contributed by atoms with Crippen molar-refractivity contribution in [1.82, 2.24) is 4.90 Å². The largest absolute Gasteiger partial charge is 0.507 e. The van der Waals surface area contributed by atoms with E-state index >= 15 is 0 Å². The van der Waals surface area contributed by atoms with Crippen LogP contribution in [0.1, 0.15) is 68.8 Å². The maximum atomic E-state index is 13.1. The van der Waals surface area contributed by atoms with E-state index in [0.29, 0.717) is 12.1 Å². The van der Waals surface area contributed by atoms with Gasteiger partial charge in [0.1, 0.15) is 11.5 Å². The summed E-state index contributed by atoms with van der Waals surface area (Å²) in [4.78, 5) is 27.6. The summed E-state index contributed by atoms with van der Waals surface area (Å²) in [5.41, 5.74) is 3.51. The van der Waals surface area contributed by atoms with Gasteiger partial charge in [-0.2, -0.15) is 0 Å². The van der Waals surface area contributed by atoms with E-state index in [1.165, 1.54) is 5.56 Å². The third kappa shape index (κ3) is 4.72. The highest BCUT2D eigenvalue weighted by atomic mass is 16.5. The van der Waals surface area contributed by atoms with Crippen molar-refractivity contribution in [3.8, 4) is 5.75 Å². The minimum Gasteiger partial charge on any atom is -0.507 e. The third-order valence-corrected chi connectivity index (χ3v) is 5.81. The van der Waals surface area contributed by atoms with Crippen LogP contribution in [0.5, 0.6) is 5.75 Å². The number of nitrogens with zero attached hydrogens (tertiary/aromatic N) is 1. The number of likely N-dealkylation sites (tertiary alicyclic amines) is 1. The van der Waals surface area contributed by atoms with Crippen LogP contribution in [0.3, 0.4) is 0 Å². The summed E-state index contributed by atoms with van der Waals surface area (Å²) in [5.74, 6) is -0.609. The van der Waals surface area contributed by atoms with Crippen LogP contribution in [-0.2, 0) is 16.0 Å². The molecule has 0 aromatic heterocycles. The summed E-state index contributed by atoms with van der Waals surface area (Å²) in [6.45, 7) is 10.4. The van der Waals surface area contributed by atoms with Crippen molar-refractivity contribution in [2.45, 2.75) is 66.0 Å². The molecule has 0 aliphatic carbocycles. The van der Waals surface area contributed by atoms with Crippen LogP contribution < -0.4 is 4.74 Å². The molecule has 0 radical (unpaired) electrons. The minimum absolute atomic E-state index is 0.0307. The van der Waals surface area contributed by atoms with E-state index < -0.39 is 17.7 Å². The Bertz CT molecular complexity index is 1020. The standard InChI is InChI=1S/C27H33NO4/c1-6-8-15-28-24(20-11-9-19(7-2)10-12-20)23(26(30)27(28)31)25(29)21-13-14-22(18(5)16-21)32-17(3)4/h9-14,16-17,24,29H,6-8,15H2,1-5H3/b25-23-. The number of hydrogen-bond donors (Lipinski definition) is 1. The minimum atomic E-state index is -0.636. The van der Waals surface area contributed by atoms with E-state index in [0.717, 1.165) is 36.1 Å². The number of ketones is 1. The predicted octanol–water partition coefficient (Wildman–Crippen LogP) is 5.57. The van der Waals surface area contributed by atoms with Gasteiger partial charge in [-0.15, -0.1) is 0 Å². The molecule has 1 N–H and O–H groups in total. The number of Topliss-reactive ketones (excluding diaryl/α,β-unsaturated/α-hetero) is 1. The molecule has 2 aromatic carbocycles. The number of benzene rings is 2. The summed E-state index contributed by atoms with van der Waals surface area (Å²) < 4.78 is 5.79. The molecular formula is C27H33NO4. The lowest BCUT2D eigenvalue weighted by atomic mass is 9.94. The highest BCUT2D eigenvalue weighted by molar-refractivity contribution is 6.46. The lowest BCUT2D eigenvalue weighted by Crippen LogP contribution is -2.30. The zero-order chi connectivity index (χ0) is 23.4. The summed E-state index contributed by atoms with van der Waals surface area (Å²) in [7, 11) is 0. The van der Waals surface area contributed by atoms with Gasteiger partial charge in [-0.1, -0.05) is 44.5 Å². The van der Waals surface area contributed by atoms with Gasteiger partial charge in [-0.3, -0.25) is 9.59 Å². The topological polar surface area (TPSA) is 66.8 Å². The molecule has 1 fully saturated rings. The van der Waals surface area contributed by atoms with Crippen LogP contribution in [0.2, 0.25) is 0 Å². The lowest BCUT2D eigenvalue weighted by Gasteiger charge is -2.25. The SMILES string of the molecule is CCCCN1C(=O)C(=O)/C(=C(\O)c2ccc(OC(C)C)c(C)c2)C1c1ccc(CC)cc1. The second kappa shape index (κ2) is 10.0. The predicted molar refractivity (Wildman–Crippen MR) is 127 cm³/mol. The molecule has 0 saturated carbocycles. The Kier molecular flexibility index (Phi) is 7.39. The molecule has 3 rings (SSSR count). The van der Waals surface area contributed by atoms with Crippen molar-refractivity contribution >= 4 is 17.4 Å². The maximum absolute atomic E-state index is 13.1. The molecule has 2 aromatic rings. The fourth-order valence-electron chi connectivity index (χ4n) is 4.06. The van der Waals surface area contributed by atoms with Gasteiger partial charge in [0, 0.05) is 12.1 Å². The van der Waals surface area contributed by atoms with Crippen molar-refractivity contribution in [2.24, 2.45) is 0 Å². The fourth-order valence-corrected chi connectivity index (χ4v) is 4.06. The molecule has 1 atom stereocenters. The second-order valence-electron chi connectivity index (χ2n) is 8.59. The molecule has 1 aliphatic heterocycles. The summed E-state index contributed by atoms with van der Waals surface area (Å²) in [6.07, 6.45) is 2.63. The number of aliphatic hydroxyl groups is 1. The van der Waals surface area contributed by atoms with Gasteiger partial charge in [0.2, 0.25) is 0 Å². The highest BCUT2D eigenvalue weighted by Crippen LogP contribution is 2.40. The lowest BCUT2D eigenvalue weighted by molar-refractivity contribution is -0.139. The molecule has 1 amide bonds. The molecule has 1 unspecified atom stereocenters. The normalized spacial score (nSPS) is 17.9. The first-order valence-electron chi connectivity index (χ1n) is 11.4. The van der Waals surface area contributed by atoms with Crippen molar-refractivity contribution in [3.05, 3.63) is 70.3 Å². The third-order valence-electron chi connectivity index (χ3n) is 5.81. The molecule has 1 heterocycles. The number of rotatable bonds is 8. The summed E-state index contributed by atoms with van der Waals surface area (Å²) >= 11 is 0. The molecule has 5 heteroatoms. The van der Waals surface area contributed by atoms with E-state index in [1.807, 2.05) is 52.0 Å². The van der Waals surface area contributed by atoms with Crippen molar-refractivity contribution < 1.29 is 19.4 Å². The zero-order valence-electron chi connectivity index (χ0n) is 19.6. The summed E-state index contributed by atoms with van der Waals surface area (Å²) in [5, 5.41) is 11.2. The van der Waals surface area contributed by atoms with Crippen LogP contribution in [-0.4, -0.2) is 34.3 Å². The molecule has 0 spiro atoms. The number of ether oxygens (including phenoxy) is 1. The van der Waals surface area contributed by atoms with Crippen molar-refractivity contribution in [2.75, 3.05) is 6.54 Å². The van der Waals surface area contributed by atoms with Crippen LogP contribution in [0.25, 0.3) is 5.76 Å². The van der Waals surface area contributed by atoms with E-state index in [-0.39, 0.29) is 17.4 Å². The Hall–Kier alpha value is -3.08. The highest BCUT2D eigenvalue weighted by Gasteiger charge is 2.45. The first kappa shape index (κ1) is 23.6. The number of aliphatic hydroxyl groups excluding tert-OH is 1. The first-order valence-corrected chi connectivity index (χ1v) is 11.4. The van der Waals surface area contributed by atoms with Crippen molar-refractivity contribution in [3.63, 3.8) is 0 Å². The molecule has 5 nitrogen and oxygen atoms in total. The van der Waals surface area contributed by atoms with Crippen LogP contribution in [0.15, 0.2) is 48.0 Å². The number of unbranched alkanes of at least 4 members (excludes halogenated alkanes) is 1. The van der Waals surface area contributed by atoms with Gasteiger partial charge >= 0.3 is 0 Å². The fraction of sp³-hybridized carbons (Fsp3) is 0.407. The van der Waals surface area contributed by atoms with Gasteiger partial charge in [0.15, 0.2) is 0 Å². The zero-order valence-corrected chi connectivity index (χ0v) is 19.6. The van der Waals surface area contributed by atoms with Crippen LogP contribution >= 0.6 is 0 Å². The molecule has 1 aliphatic rings. The average Bonchev–Trinajstić information content (AvgIpc) is 3.03. The maximum Gasteiger partial charge on any atom is 0.295 e. The average molecular weight is 436 g/mol. The van der Waals surface area contributed by atoms with E-state index in [9.17, 15) is 14.7 Å². The molecule has 32 heavy (non-hydrogen) atoms. The van der Waals surface area contributed by atoms with Gasteiger partial charge in [0.25, 0.3) is 11.7 Å². The van der Waals surface area contributed by atoms with E-state index in [4.69, 9.17) is 4.74 Å². The Morgan fingerprint density at radius 1 is 1.09 bits per heavy atom. The van der Waals surface area contributed by atoms with Gasteiger partial charge in [-0.05, 0) is 68.5 Å². The molecular weight excluding hydrogens is 402 g/mol. The van der Waals surface area contributed by atoms with E-state index in [1.54, 1.807) is 23.1 Å². The molecule has 1 saturated heterocycles. The Balaban J connectivity index is 2.11. The van der Waals surface area contributed by atoms with Gasteiger partial charge in [0.05, 0.1) is 17.7 Å². The van der Waals surface area contributed by atoms with Crippen molar-refractivity contribution in [1.29, 1.82) is 0 Å². The smallest absolute Gasteiger partial charge is 0.295 e. The number of carbonyl (C=O) groups is 2. The van der Waals surface area contributed by atoms with Crippen LogP contribution in [0.4, 0.5) is 0 Å². The summed E-state index contributed by atoms with van der Waals surface area (Å²) in [6, 6.07) is 12.6. The Morgan fingerprint density at radius 3 is 2.34 bits per heavy atom. The van der Waals surface area contributed by atoms with E-state index in [2.05, 4.69) is 6.92 Å². The monoisotopic (exact) mass is 435 g/mol. The number of carbonyl (C=O) groups excluding carboxylic acids is 2. The molecule has 170 valence electrons. The molecule has 0 bridgehead atoms. The quantitative estimate of drug-likeness (QED) is 0.335. The second-order valence-corrected chi connectivity index (χ2v) is 8.59. The van der Waals surface area contributed by atoms with Gasteiger partial charge < -0.3 is 14.7 Å².